The van der Waals surface area contributed by atoms with E-state index in [1.165, 1.54) is 0 Å². The van der Waals surface area contributed by atoms with Crippen LogP contribution in [0.5, 0.6) is 11.5 Å². The first-order valence-corrected chi connectivity index (χ1v) is 7.26. The largest absolute Gasteiger partial charge is 0.497 e. The number of pyridine rings is 1. The van der Waals surface area contributed by atoms with Crippen LogP contribution in [-0.4, -0.2) is 25.0 Å². The molecule has 0 unspecified atom stereocenters. The van der Waals surface area contributed by atoms with Gasteiger partial charge in [-0.05, 0) is 48.7 Å². The van der Waals surface area contributed by atoms with Crippen LogP contribution in [-0.2, 0) is 0 Å². The van der Waals surface area contributed by atoms with Gasteiger partial charge >= 0.3 is 0 Å². The molecular weight excluding hydrogens is 290 g/mol. The second-order valence-electron chi connectivity index (χ2n) is 5.26. The maximum Gasteiger partial charge on any atom is 0.212 e. The number of hydrogen-bond acceptors (Lipinski definition) is 4. The number of aryl methyl sites for hydroxylation is 1. The van der Waals surface area contributed by atoms with Gasteiger partial charge in [-0.2, -0.15) is 0 Å². The predicted molar refractivity (Wildman–Crippen MR) is 89.5 cm³/mol. The lowest BCUT2D eigenvalue weighted by Crippen LogP contribution is -2.06. The lowest BCUT2D eigenvalue weighted by molar-refractivity contribution is 0.103. The van der Waals surface area contributed by atoms with Crippen molar-refractivity contribution < 1.29 is 14.3 Å². The van der Waals surface area contributed by atoms with E-state index in [4.69, 9.17) is 9.47 Å². The fourth-order valence-electron chi connectivity index (χ4n) is 2.57. The average Bonchev–Trinajstić information content (AvgIpc) is 2.59. The lowest BCUT2D eigenvalue weighted by Gasteiger charge is -2.09. The molecule has 4 nitrogen and oxygen atoms in total. The molecule has 0 aliphatic carbocycles. The first-order chi connectivity index (χ1) is 11.1. The SMILES string of the molecule is COc1cccc(C(=O)c2nc(C)cc3cc(OC)ccc23)c1. The van der Waals surface area contributed by atoms with Crippen LogP contribution in [0.15, 0.2) is 48.5 Å². The Labute approximate surface area is 134 Å². The van der Waals surface area contributed by atoms with Crippen LogP contribution in [0.3, 0.4) is 0 Å². The Morgan fingerprint density at radius 1 is 0.957 bits per heavy atom. The first-order valence-electron chi connectivity index (χ1n) is 7.26. The summed E-state index contributed by atoms with van der Waals surface area (Å²) >= 11 is 0. The van der Waals surface area contributed by atoms with Crippen molar-refractivity contribution in [2.75, 3.05) is 14.2 Å². The monoisotopic (exact) mass is 307 g/mol. The standard InChI is InChI=1S/C19H17NO3/c1-12-9-14-11-16(23-3)7-8-17(14)18(20-12)19(21)13-5-4-6-15(10-13)22-2/h4-11H,1-3H3. The van der Waals surface area contributed by atoms with Crippen LogP contribution in [0.25, 0.3) is 10.8 Å². The summed E-state index contributed by atoms with van der Waals surface area (Å²) in [5.41, 5.74) is 1.78. The molecule has 3 aromatic rings. The quantitative estimate of drug-likeness (QED) is 0.688. The minimum atomic E-state index is -0.122. The third-order valence-electron chi connectivity index (χ3n) is 3.71. The van der Waals surface area contributed by atoms with Crippen molar-refractivity contribution >= 4 is 16.6 Å². The highest BCUT2D eigenvalue weighted by atomic mass is 16.5. The van der Waals surface area contributed by atoms with Crippen molar-refractivity contribution in [2.24, 2.45) is 0 Å². The van der Waals surface area contributed by atoms with Gasteiger partial charge in [0.05, 0.1) is 14.2 Å². The van der Waals surface area contributed by atoms with Gasteiger partial charge in [0.2, 0.25) is 5.78 Å². The molecule has 0 aliphatic heterocycles. The fourth-order valence-corrected chi connectivity index (χ4v) is 2.57. The van der Waals surface area contributed by atoms with E-state index < -0.39 is 0 Å². The van der Waals surface area contributed by atoms with E-state index in [0.717, 1.165) is 22.2 Å². The lowest BCUT2D eigenvalue weighted by atomic mass is 10.0. The molecule has 23 heavy (non-hydrogen) atoms. The maximum atomic E-state index is 12.9. The second kappa shape index (κ2) is 6.08. The molecule has 1 aromatic heterocycles. The Balaban J connectivity index is 2.16. The number of methoxy groups -OCH3 is 2. The Kier molecular flexibility index (Phi) is 3.98. The summed E-state index contributed by atoms with van der Waals surface area (Å²) in [5.74, 6) is 1.28. The van der Waals surface area contributed by atoms with E-state index in [0.29, 0.717) is 17.0 Å². The number of hydrogen-bond donors (Lipinski definition) is 0. The molecule has 3 rings (SSSR count). The fraction of sp³-hybridized carbons (Fsp3) is 0.158. The topological polar surface area (TPSA) is 48.4 Å². The highest BCUT2D eigenvalue weighted by molar-refractivity contribution is 6.15. The molecule has 0 saturated carbocycles. The molecule has 116 valence electrons. The number of ketones is 1. The molecular formula is C19H17NO3. The molecule has 0 spiro atoms. The van der Waals surface area contributed by atoms with Gasteiger partial charge in [0.1, 0.15) is 17.2 Å². The zero-order valence-electron chi connectivity index (χ0n) is 13.3. The minimum absolute atomic E-state index is 0.122. The number of rotatable bonds is 4. The van der Waals surface area contributed by atoms with Crippen molar-refractivity contribution in [1.29, 1.82) is 0 Å². The van der Waals surface area contributed by atoms with E-state index in [2.05, 4.69) is 4.98 Å². The average molecular weight is 307 g/mol. The molecule has 0 aliphatic rings. The van der Waals surface area contributed by atoms with E-state index in [1.807, 2.05) is 37.3 Å². The summed E-state index contributed by atoms with van der Waals surface area (Å²) < 4.78 is 10.4. The van der Waals surface area contributed by atoms with E-state index in [1.54, 1.807) is 32.4 Å². The van der Waals surface area contributed by atoms with E-state index in [9.17, 15) is 4.79 Å². The third kappa shape index (κ3) is 2.88. The molecule has 0 amide bonds. The van der Waals surface area contributed by atoms with Crippen LogP contribution >= 0.6 is 0 Å². The smallest absolute Gasteiger partial charge is 0.212 e. The summed E-state index contributed by atoms with van der Waals surface area (Å²) in [4.78, 5) is 17.3. The van der Waals surface area contributed by atoms with Gasteiger partial charge in [0, 0.05) is 16.6 Å². The van der Waals surface area contributed by atoms with Crippen LogP contribution in [0.2, 0.25) is 0 Å². The number of carbonyl (C=O) groups is 1. The van der Waals surface area contributed by atoms with Crippen molar-refractivity contribution in [2.45, 2.75) is 6.92 Å². The molecule has 0 atom stereocenters. The summed E-state index contributed by atoms with van der Waals surface area (Å²) in [5, 5.41) is 1.74. The number of aromatic nitrogens is 1. The van der Waals surface area contributed by atoms with Gasteiger partial charge in [-0.25, -0.2) is 4.98 Å². The van der Waals surface area contributed by atoms with Crippen molar-refractivity contribution in [3.63, 3.8) is 0 Å². The van der Waals surface area contributed by atoms with Gasteiger partial charge in [-0.3, -0.25) is 4.79 Å². The molecule has 4 heteroatoms. The number of nitrogens with zero attached hydrogens (tertiary/aromatic N) is 1. The molecule has 0 radical (unpaired) electrons. The third-order valence-corrected chi connectivity index (χ3v) is 3.71. The Hall–Kier alpha value is -2.88. The predicted octanol–water partition coefficient (Wildman–Crippen LogP) is 3.79. The van der Waals surface area contributed by atoms with Crippen LogP contribution in [0.1, 0.15) is 21.7 Å². The Bertz CT molecular complexity index is 887. The maximum absolute atomic E-state index is 12.9. The first kappa shape index (κ1) is 15.0. The minimum Gasteiger partial charge on any atom is -0.497 e. The summed E-state index contributed by atoms with van der Waals surface area (Å²) in [7, 11) is 3.20. The zero-order chi connectivity index (χ0) is 16.4. The summed E-state index contributed by atoms with van der Waals surface area (Å²) in [6, 6.07) is 14.7. The zero-order valence-corrected chi connectivity index (χ0v) is 13.3. The molecule has 0 bridgehead atoms. The van der Waals surface area contributed by atoms with Gasteiger partial charge in [0.25, 0.3) is 0 Å². The van der Waals surface area contributed by atoms with Gasteiger partial charge in [0.15, 0.2) is 0 Å². The second-order valence-corrected chi connectivity index (χ2v) is 5.26. The molecule has 0 fully saturated rings. The molecule has 2 aromatic carbocycles. The normalized spacial score (nSPS) is 10.6. The number of benzene rings is 2. The number of carbonyl (C=O) groups excluding carboxylic acids is 1. The highest BCUT2D eigenvalue weighted by Crippen LogP contribution is 2.26. The van der Waals surface area contributed by atoms with Crippen LogP contribution < -0.4 is 9.47 Å². The van der Waals surface area contributed by atoms with Crippen LogP contribution in [0.4, 0.5) is 0 Å². The Morgan fingerprint density at radius 3 is 2.43 bits per heavy atom. The van der Waals surface area contributed by atoms with Gasteiger partial charge in [-0.15, -0.1) is 0 Å². The van der Waals surface area contributed by atoms with Gasteiger partial charge < -0.3 is 9.47 Å². The van der Waals surface area contributed by atoms with E-state index >= 15 is 0 Å². The van der Waals surface area contributed by atoms with Crippen molar-refractivity contribution in [1.82, 2.24) is 4.98 Å². The van der Waals surface area contributed by atoms with Gasteiger partial charge in [-0.1, -0.05) is 12.1 Å². The van der Waals surface area contributed by atoms with Crippen molar-refractivity contribution in [3.8, 4) is 11.5 Å². The number of fused-ring (bicyclic) bond motifs is 1. The van der Waals surface area contributed by atoms with Crippen LogP contribution in [0, 0.1) is 6.92 Å². The highest BCUT2D eigenvalue weighted by Gasteiger charge is 2.16. The summed E-state index contributed by atoms with van der Waals surface area (Å²) in [6.07, 6.45) is 0. The molecule has 0 saturated heterocycles. The molecule has 1 heterocycles. The van der Waals surface area contributed by atoms with E-state index in [-0.39, 0.29) is 5.78 Å². The summed E-state index contributed by atoms with van der Waals surface area (Å²) in [6.45, 7) is 1.88. The Morgan fingerprint density at radius 2 is 1.70 bits per heavy atom. The van der Waals surface area contributed by atoms with Crippen molar-refractivity contribution in [3.05, 3.63) is 65.5 Å². The number of ether oxygens (including phenoxy) is 2. The molecule has 0 N–H and O–H groups in total.